The fourth-order valence-corrected chi connectivity index (χ4v) is 1.66. The Morgan fingerprint density at radius 1 is 1.27 bits per heavy atom. The van der Waals surface area contributed by atoms with Crippen molar-refractivity contribution in [3.63, 3.8) is 0 Å². The van der Waals surface area contributed by atoms with E-state index in [2.05, 4.69) is 18.7 Å². The number of hydrogen-bond acceptors (Lipinski definition) is 2. The van der Waals surface area contributed by atoms with Gasteiger partial charge in [0.25, 0.3) is 0 Å². The zero-order chi connectivity index (χ0) is 8.27. The first-order chi connectivity index (χ1) is 5.25. The molecule has 2 heteroatoms. The lowest BCUT2D eigenvalue weighted by molar-refractivity contribution is 0.137. The number of rotatable bonds is 3. The van der Waals surface area contributed by atoms with Crippen molar-refractivity contribution in [3.8, 4) is 0 Å². The van der Waals surface area contributed by atoms with E-state index in [9.17, 15) is 0 Å². The zero-order valence-corrected chi connectivity index (χ0v) is 7.58. The highest BCUT2D eigenvalue weighted by atomic mass is 16.3. The van der Waals surface area contributed by atoms with Gasteiger partial charge in [0, 0.05) is 12.6 Å². The van der Waals surface area contributed by atoms with Gasteiger partial charge in [-0.25, -0.2) is 0 Å². The number of aliphatic hydroxyl groups excluding tert-OH is 1. The molecule has 11 heavy (non-hydrogen) atoms. The van der Waals surface area contributed by atoms with E-state index in [1.165, 1.54) is 25.9 Å². The molecule has 1 aliphatic rings. The zero-order valence-electron chi connectivity index (χ0n) is 7.58. The summed E-state index contributed by atoms with van der Waals surface area (Å²) < 4.78 is 0. The van der Waals surface area contributed by atoms with Gasteiger partial charge in [-0.05, 0) is 38.8 Å². The van der Waals surface area contributed by atoms with E-state index in [0.29, 0.717) is 18.6 Å². The summed E-state index contributed by atoms with van der Waals surface area (Å²) in [5.41, 5.74) is 0. The normalized spacial score (nSPS) is 25.4. The van der Waals surface area contributed by atoms with Crippen LogP contribution in [0.3, 0.4) is 0 Å². The minimum absolute atomic E-state index is 0.317. The van der Waals surface area contributed by atoms with Crippen LogP contribution in [0.1, 0.15) is 26.7 Å². The second-order valence-electron chi connectivity index (χ2n) is 3.64. The molecule has 0 bridgehead atoms. The Kier molecular flexibility index (Phi) is 3.34. The number of aliphatic hydroxyl groups is 1. The predicted molar refractivity (Wildman–Crippen MR) is 46.5 cm³/mol. The van der Waals surface area contributed by atoms with E-state index in [0.717, 1.165) is 0 Å². The Bertz CT molecular complexity index is 110. The lowest BCUT2D eigenvalue weighted by atomic mass is 10.0. The summed E-state index contributed by atoms with van der Waals surface area (Å²) in [5.74, 6) is 0.424. The summed E-state index contributed by atoms with van der Waals surface area (Å²) in [6, 6.07) is 0.558. The Morgan fingerprint density at radius 2 is 1.82 bits per heavy atom. The van der Waals surface area contributed by atoms with Crippen molar-refractivity contribution in [2.45, 2.75) is 32.7 Å². The topological polar surface area (TPSA) is 23.5 Å². The molecule has 1 fully saturated rings. The second-order valence-corrected chi connectivity index (χ2v) is 3.64. The summed E-state index contributed by atoms with van der Waals surface area (Å²) in [5, 5.41) is 8.94. The monoisotopic (exact) mass is 157 g/mol. The highest BCUT2D eigenvalue weighted by Crippen LogP contribution is 2.16. The number of likely N-dealkylation sites (tertiary alicyclic amines) is 1. The molecule has 0 aliphatic carbocycles. The molecule has 0 aromatic heterocycles. The van der Waals surface area contributed by atoms with Crippen LogP contribution in [-0.2, 0) is 0 Å². The van der Waals surface area contributed by atoms with Crippen LogP contribution >= 0.6 is 0 Å². The molecule has 0 saturated carbocycles. The quantitative estimate of drug-likeness (QED) is 0.663. The standard InChI is InChI=1S/C9H19NO/c1-8(7-11)9(2)10-5-3-4-6-10/h8-9,11H,3-7H2,1-2H3. The van der Waals surface area contributed by atoms with Gasteiger partial charge >= 0.3 is 0 Å². The molecule has 66 valence electrons. The summed E-state index contributed by atoms with van der Waals surface area (Å²) >= 11 is 0. The Morgan fingerprint density at radius 3 is 2.27 bits per heavy atom. The predicted octanol–water partition coefficient (Wildman–Crippen LogP) is 1.10. The van der Waals surface area contributed by atoms with Crippen LogP contribution in [0.4, 0.5) is 0 Å². The highest BCUT2D eigenvalue weighted by molar-refractivity contribution is 4.76. The van der Waals surface area contributed by atoms with E-state index in [4.69, 9.17) is 5.11 Å². The molecular weight excluding hydrogens is 138 g/mol. The second kappa shape index (κ2) is 4.07. The largest absolute Gasteiger partial charge is 0.396 e. The van der Waals surface area contributed by atoms with Gasteiger partial charge < -0.3 is 10.0 Å². The molecule has 1 heterocycles. The van der Waals surface area contributed by atoms with E-state index < -0.39 is 0 Å². The van der Waals surface area contributed by atoms with Crippen molar-refractivity contribution in [1.82, 2.24) is 4.90 Å². The van der Waals surface area contributed by atoms with Crippen molar-refractivity contribution in [2.75, 3.05) is 19.7 Å². The lowest BCUT2D eigenvalue weighted by Gasteiger charge is -2.27. The van der Waals surface area contributed by atoms with Crippen LogP contribution in [0, 0.1) is 5.92 Å². The van der Waals surface area contributed by atoms with Gasteiger partial charge in [0.05, 0.1) is 0 Å². The van der Waals surface area contributed by atoms with Crippen LogP contribution in [-0.4, -0.2) is 35.7 Å². The van der Waals surface area contributed by atoms with Crippen molar-refractivity contribution in [3.05, 3.63) is 0 Å². The van der Waals surface area contributed by atoms with E-state index in [-0.39, 0.29) is 0 Å². The molecule has 0 aromatic carbocycles. The first-order valence-electron chi connectivity index (χ1n) is 4.60. The molecule has 2 nitrogen and oxygen atoms in total. The van der Waals surface area contributed by atoms with E-state index in [1.807, 2.05) is 0 Å². The van der Waals surface area contributed by atoms with Crippen molar-refractivity contribution >= 4 is 0 Å². The molecule has 1 aliphatic heterocycles. The Balaban J connectivity index is 2.32. The summed E-state index contributed by atoms with van der Waals surface area (Å²) in [7, 11) is 0. The molecule has 1 saturated heterocycles. The number of hydrogen-bond donors (Lipinski definition) is 1. The average Bonchev–Trinajstić information content (AvgIpc) is 2.53. The third-order valence-electron chi connectivity index (χ3n) is 2.83. The third-order valence-corrected chi connectivity index (χ3v) is 2.83. The molecular formula is C9H19NO. The van der Waals surface area contributed by atoms with Gasteiger partial charge in [-0.3, -0.25) is 0 Å². The molecule has 0 spiro atoms. The minimum atomic E-state index is 0.317. The van der Waals surface area contributed by atoms with Crippen molar-refractivity contribution in [2.24, 2.45) is 5.92 Å². The highest BCUT2D eigenvalue weighted by Gasteiger charge is 2.21. The van der Waals surface area contributed by atoms with Crippen LogP contribution in [0.5, 0.6) is 0 Å². The lowest BCUT2D eigenvalue weighted by Crippen LogP contribution is -2.36. The molecule has 0 radical (unpaired) electrons. The van der Waals surface area contributed by atoms with Crippen LogP contribution < -0.4 is 0 Å². The molecule has 0 aromatic rings. The Labute approximate surface area is 69.2 Å². The van der Waals surface area contributed by atoms with Crippen LogP contribution in [0.25, 0.3) is 0 Å². The third kappa shape index (κ3) is 2.17. The van der Waals surface area contributed by atoms with Crippen LogP contribution in [0.15, 0.2) is 0 Å². The van der Waals surface area contributed by atoms with Gasteiger partial charge in [0.1, 0.15) is 0 Å². The van der Waals surface area contributed by atoms with E-state index in [1.54, 1.807) is 0 Å². The molecule has 0 amide bonds. The summed E-state index contributed by atoms with van der Waals surface area (Å²) in [6.45, 7) is 7.10. The smallest absolute Gasteiger partial charge is 0.0471 e. The maximum absolute atomic E-state index is 8.94. The van der Waals surface area contributed by atoms with Crippen molar-refractivity contribution < 1.29 is 5.11 Å². The van der Waals surface area contributed by atoms with Gasteiger partial charge in [-0.15, -0.1) is 0 Å². The minimum Gasteiger partial charge on any atom is -0.396 e. The van der Waals surface area contributed by atoms with E-state index >= 15 is 0 Å². The van der Waals surface area contributed by atoms with Gasteiger partial charge in [-0.1, -0.05) is 6.92 Å². The Hall–Kier alpha value is -0.0800. The van der Waals surface area contributed by atoms with Gasteiger partial charge in [0.15, 0.2) is 0 Å². The number of nitrogens with zero attached hydrogens (tertiary/aromatic N) is 1. The summed E-state index contributed by atoms with van der Waals surface area (Å²) in [4.78, 5) is 2.47. The van der Waals surface area contributed by atoms with Crippen molar-refractivity contribution in [1.29, 1.82) is 0 Å². The first kappa shape index (κ1) is 9.01. The first-order valence-corrected chi connectivity index (χ1v) is 4.60. The average molecular weight is 157 g/mol. The molecule has 2 atom stereocenters. The van der Waals surface area contributed by atoms with Gasteiger partial charge in [0.2, 0.25) is 0 Å². The maximum atomic E-state index is 8.94. The fourth-order valence-electron chi connectivity index (χ4n) is 1.66. The van der Waals surface area contributed by atoms with Crippen LogP contribution in [0.2, 0.25) is 0 Å². The molecule has 1 N–H and O–H groups in total. The summed E-state index contributed by atoms with van der Waals surface area (Å²) in [6.07, 6.45) is 2.67. The maximum Gasteiger partial charge on any atom is 0.0471 e. The fraction of sp³-hybridized carbons (Fsp3) is 1.00. The molecule has 2 unspecified atom stereocenters. The molecule has 1 rings (SSSR count). The van der Waals surface area contributed by atoms with Gasteiger partial charge in [-0.2, -0.15) is 0 Å². The SMILES string of the molecule is CC(CO)C(C)N1CCCC1.